The van der Waals surface area contributed by atoms with Gasteiger partial charge in [-0.3, -0.25) is 0 Å². The van der Waals surface area contributed by atoms with Crippen molar-refractivity contribution >= 4 is 17.3 Å². The molecular formula is C18H17F3O4S. The molecule has 0 aliphatic rings. The summed E-state index contributed by atoms with van der Waals surface area (Å²) in [5, 5.41) is 1.18. The van der Waals surface area contributed by atoms with E-state index in [1.165, 1.54) is 13.2 Å². The van der Waals surface area contributed by atoms with Gasteiger partial charge in [0.1, 0.15) is 12.4 Å². The molecule has 1 aromatic heterocycles. The Morgan fingerprint density at radius 1 is 1.31 bits per heavy atom. The standard InChI is InChI=1S/C18H17F3O4S/c1-3-6-13-14(18(19,20)21)11-26-17(13)25-15-8-5-4-7-12(15)9-24-10-16(22)23-2/h3-5,7-8,11H,1,6,9-10H2,2H3. The molecule has 0 fully saturated rings. The van der Waals surface area contributed by atoms with E-state index in [-0.39, 0.29) is 30.3 Å². The number of ether oxygens (including phenoxy) is 3. The van der Waals surface area contributed by atoms with Gasteiger partial charge in [-0.05, 0) is 12.5 Å². The summed E-state index contributed by atoms with van der Waals surface area (Å²) in [5.41, 5.74) is -0.0810. The van der Waals surface area contributed by atoms with Crippen LogP contribution in [0.2, 0.25) is 0 Å². The minimum Gasteiger partial charge on any atom is -0.467 e. The molecule has 0 bridgehead atoms. The third kappa shape index (κ3) is 5.09. The molecule has 8 heteroatoms. The van der Waals surface area contributed by atoms with E-state index in [1.54, 1.807) is 24.3 Å². The van der Waals surface area contributed by atoms with Crippen molar-refractivity contribution in [2.75, 3.05) is 13.7 Å². The van der Waals surface area contributed by atoms with Crippen LogP contribution in [-0.2, 0) is 33.5 Å². The van der Waals surface area contributed by atoms with Crippen molar-refractivity contribution in [2.24, 2.45) is 0 Å². The van der Waals surface area contributed by atoms with Crippen LogP contribution in [0.15, 0.2) is 42.3 Å². The second kappa shape index (κ2) is 8.86. The van der Waals surface area contributed by atoms with Crippen molar-refractivity contribution in [3.05, 3.63) is 59.0 Å². The zero-order valence-corrected chi connectivity index (χ0v) is 14.8. The van der Waals surface area contributed by atoms with Gasteiger partial charge in [-0.2, -0.15) is 13.2 Å². The highest BCUT2D eigenvalue weighted by Gasteiger charge is 2.36. The Labute approximate surface area is 152 Å². The van der Waals surface area contributed by atoms with Gasteiger partial charge in [0.05, 0.1) is 19.3 Å². The van der Waals surface area contributed by atoms with E-state index in [1.807, 2.05) is 0 Å². The maximum Gasteiger partial charge on any atom is 0.417 e. The number of alkyl halides is 3. The minimum atomic E-state index is -4.46. The van der Waals surface area contributed by atoms with Crippen molar-refractivity contribution < 1.29 is 32.2 Å². The van der Waals surface area contributed by atoms with Crippen molar-refractivity contribution in [3.8, 4) is 10.8 Å². The Balaban J connectivity index is 2.22. The summed E-state index contributed by atoms with van der Waals surface area (Å²) in [5.74, 6) is -0.164. The lowest BCUT2D eigenvalue weighted by Gasteiger charge is -2.12. The zero-order valence-electron chi connectivity index (χ0n) is 14.0. The molecule has 0 atom stereocenters. The van der Waals surface area contributed by atoms with E-state index >= 15 is 0 Å². The summed E-state index contributed by atoms with van der Waals surface area (Å²) in [6, 6.07) is 6.77. The maximum absolute atomic E-state index is 13.1. The molecule has 0 saturated heterocycles. The first-order valence-corrected chi connectivity index (χ1v) is 8.43. The van der Waals surface area contributed by atoms with E-state index in [0.717, 1.165) is 16.7 Å². The first kappa shape index (κ1) is 20.0. The van der Waals surface area contributed by atoms with E-state index in [2.05, 4.69) is 11.3 Å². The van der Waals surface area contributed by atoms with Gasteiger partial charge >= 0.3 is 12.1 Å². The second-order valence-corrected chi connectivity index (χ2v) is 6.03. The molecule has 0 spiro atoms. The number of para-hydroxylation sites is 1. The number of methoxy groups -OCH3 is 1. The Morgan fingerprint density at radius 2 is 2.04 bits per heavy atom. The molecule has 26 heavy (non-hydrogen) atoms. The third-order valence-electron chi connectivity index (χ3n) is 3.39. The molecule has 0 N–H and O–H groups in total. The highest BCUT2D eigenvalue weighted by Crippen LogP contribution is 2.43. The SMILES string of the molecule is C=CCc1c(C(F)(F)F)csc1Oc1ccccc1COCC(=O)OC. The number of allylic oxidation sites excluding steroid dienone is 1. The molecule has 2 aromatic rings. The minimum absolute atomic E-state index is 0.0364. The van der Waals surface area contributed by atoms with E-state index in [0.29, 0.717) is 11.3 Å². The number of halogens is 3. The molecule has 1 aromatic carbocycles. The fraction of sp³-hybridized carbons (Fsp3) is 0.278. The molecule has 0 aliphatic heterocycles. The van der Waals surface area contributed by atoms with Crippen LogP contribution in [0, 0.1) is 0 Å². The summed E-state index contributed by atoms with van der Waals surface area (Å²) >= 11 is 0.874. The fourth-order valence-corrected chi connectivity index (χ4v) is 3.13. The average Bonchev–Trinajstić information content (AvgIpc) is 2.99. The summed E-state index contributed by atoms with van der Waals surface area (Å²) in [4.78, 5) is 11.1. The number of hydrogen-bond donors (Lipinski definition) is 0. The number of esters is 1. The number of benzene rings is 1. The van der Waals surface area contributed by atoms with Crippen LogP contribution in [0.25, 0.3) is 0 Å². The van der Waals surface area contributed by atoms with E-state index < -0.39 is 17.7 Å². The molecule has 2 rings (SSSR count). The van der Waals surface area contributed by atoms with Crippen molar-refractivity contribution in [2.45, 2.75) is 19.2 Å². The summed E-state index contributed by atoms with van der Waals surface area (Å²) < 4.78 is 54.8. The smallest absolute Gasteiger partial charge is 0.417 e. The summed E-state index contributed by atoms with van der Waals surface area (Å²) in [6.07, 6.45) is -3.02. The zero-order chi connectivity index (χ0) is 19.2. The van der Waals surface area contributed by atoms with Gasteiger partial charge in [-0.15, -0.1) is 17.9 Å². The number of hydrogen-bond acceptors (Lipinski definition) is 5. The van der Waals surface area contributed by atoms with E-state index in [9.17, 15) is 18.0 Å². The van der Waals surface area contributed by atoms with Gasteiger partial charge in [0.15, 0.2) is 5.06 Å². The lowest BCUT2D eigenvalue weighted by molar-refractivity contribution is -0.146. The van der Waals surface area contributed by atoms with Crippen molar-refractivity contribution in [1.29, 1.82) is 0 Å². The van der Waals surface area contributed by atoms with Crippen LogP contribution in [0.5, 0.6) is 10.8 Å². The topological polar surface area (TPSA) is 44.8 Å². The quantitative estimate of drug-likeness (QED) is 0.474. The molecular weight excluding hydrogens is 369 g/mol. The van der Waals surface area contributed by atoms with Crippen LogP contribution in [-0.4, -0.2) is 19.7 Å². The highest BCUT2D eigenvalue weighted by molar-refractivity contribution is 7.12. The Morgan fingerprint density at radius 3 is 2.69 bits per heavy atom. The average molecular weight is 386 g/mol. The van der Waals surface area contributed by atoms with Crippen LogP contribution in [0.4, 0.5) is 13.2 Å². The molecule has 140 valence electrons. The first-order chi connectivity index (χ1) is 12.4. The molecule has 0 saturated carbocycles. The number of rotatable bonds is 8. The molecule has 0 aliphatic carbocycles. The Hall–Kier alpha value is -2.32. The van der Waals surface area contributed by atoms with Crippen molar-refractivity contribution in [1.82, 2.24) is 0 Å². The van der Waals surface area contributed by atoms with Crippen LogP contribution < -0.4 is 4.74 Å². The highest BCUT2D eigenvalue weighted by atomic mass is 32.1. The normalized spacial score (nSPS) is 11.2. The Kier molecular flexibility index (Phi) is 6.82. The van der Waals surface area contributed by atoms with Crippen molar-refractivity contribution in [3.63, 3.8) is 0 Å². The lowest BCUT2D eigenvalue weighted by atomic mass is 10.1. The molecule has 4 nitrogen and oxygen atoms in total. The number of carbonyl (C=O) groups excluding carboxylic acids is 1. The van der Waals surface area contributed by atoms with Gasteiger partial charge < -0.3 is 14.2 Å². The van der Waals surface area contributed by atoms with Gasteiger partial charge in [-0.25, -0.2) is 4.79 Å². The van der Waals surface area contributed by atoms with Crippen LogP contribution >= 0.6 is 11.3 Å². The Bertz CT molecular complexity index is 768. The predicted molar refractivity (Wildman–Crippen MR) is 91.4 cm³/mol. The van der Waals surface area contributed by atoms with Gasteiger partial charge in [0.25, 0.3) is 0 Å². The third-order valence-corrected chi connectivity index (χ3v) is 4.29. The monoisotopic (exact) mass is 386 g/mol. The summed E-state index contributed by atoms with van der Waals surface area (Å²) in [6.45, 7) is 3.33. The van der Waals surface area contributed by atoms with Gasteiger partial charge in [0, 0.05) is 16.5 Å². The summed E-state index contributed by atoms with van der Waals surface area (Å²) in [7, 11) is 1.25. The number of thiophene rings is 1. The molecule has 0 radical (unpaired) electrons. The van der Waals surface area contributed by atoms with E-state index in [4.69, 9.17) is 9.47 Å². The predicted octanol–water partition coefficient (Wildman–Crippen LogP) is 4.98. The fourth-order valence-electron chi connectivity index (χ4n) is 2.15. The van der Waals surface area contributed by atoms with Crippen LogP contribution in [0.1, 0.15) is 16.7 Å². The van der Waals surface area contributed by atoms with Crippen LogP contribution in [0.3, 0.4) is 0 Å². The molecule has 0 amide bonds. The largest absolute Gasteiger partial charge is 0.467 e. The first-order valence-electron chi connectivity index (χ1n) is 7.55. The maximum atomic E-state index is 13.1. The lowest BCUT2D eigenvalue weighted by Crippen LogP contribution is -2.10. The number of carbonyl (C=O) groups is 1. The van der Waals surface area contributed by atoms with Gasteiger partial charge in [-0.1, -0.05) is 24.3 Å². The molecule has 1 heterocycles. The van der Waals surface area contributed by atoms with Gasteiger partial charge in [0.2, 0.25) is 0 Å². The second-order valence-electron chi connectivity index (χ2n) is 5.18. The molecule has 0 unspecified atom stereocenters.